The van der Waals surface area contributed by atoms with Crippen LogP contribution in [0.1, 0.15) is 0 Å². The standard InChI is InChI=1S/C13H20FNO2S/c1-15(9-12(16)10-17-2)7-8-18-13-5-3-11(14)4-6-13/h3-6,12,16H,7-10H2,1-2H3. The molecule has 0 aromatic heterocycles. The molecule has 0 fully saturated rings. The van der Waals surface area contributed by atoms with Gasteiger partial charge in [-0.05, 0) is 31.3 Å². The second kappa shape index (κ2) is 8.48. The van der Waals surface area contributed by atoms with Crippen molar-refractivity contribution in [2.45, 2.75) is 11.0 Å². The summed E-state index contributed by atoms with van der Waals surface area (Å²) in [4.78, 5) is 3.11. The van der Waals surface area contributed by atoms with Crippen molar-refractivity contribution in [1.82, 2.24) is 4.90 Å². The summed E-state index contributed by atoms with van der Waals surface area (Å²) in [6, 6.07) is 6.49. The Bertz CT molecular complexity index is 334. The lowest BCUT2D eigenvalue weighted by Crippen LogP contribution is -2.33. The second-order valence-electron chi connectivity index (χ2n) is 4.17. The summed E-state index contributed by atoms with van der Waals surface area (Å²) in [6.07, 6.45) is -0.448. The number of ether oxygens (including phenoxy) is 1. The molecular formula is C13H20FNO2S. The van der Waals surface area contributed by atoms with Gasteiger partial charge in [-0.1, -0.05) is 0 Å². The first-order chi connectivity index (χ1) is 8.61. The number of halogens is 1. The molecule has 3 nitrogen and oxygen atoms in total. The Hall–Kier alpha value is -0.620. The number of thioether (sulfide) groups is 1. The summed E-state index contributed by atoms with van der Waals surface area (Å²) < 4.78 is 17.6. The second-order valence-corrected chi connectivity index (χ2v) is 5.34. The normalized spacial score (nSPS) is 12.9. The highest BCUT2D eigenvalue weighted by Crippen LogP contribution is 2.17. The van der Waals surface area contributed by atoms with Crippen molar-refractivity contribution >= 4 is 11.8 Å². The zero-order valence-corrected chi connectivity index (χ0v) is 11.6. The molecule has 0 saturated carbocycles. The van der Waals surface area contributed by atoms with E-state index in [-0.39, 0.29) is 5.82 Å². The molecule has 0 aliphatic carbocycles. The highest BCUT2D eigenvalue weighted by atomic mass is 32.2. The van der Waals surface area contributed by atoms with Crippen molar-refractivity contribution in [2.75, 3.05) is 39.6 Å². The van der Waals surface area contributed by atoms with Gasteiger partial charge in [0.1, 0.15) is 5.82 Å². The van der Waals surface area contributed by atoms with Crippen LogP contribution in [0.25, 0.3) is 0 Å². The number of likely N-dealkylation sites (N-methyl/N-ethyl adjacent to an activating group) is 1. The number of aliphatic hydroxyl groups is 1. The number of hydrogen-bond donors (Lipinski definition) is 1. The number of methoxy groups -OCH3 is 1. The van der Waals surface area contributed by atoms with E-state index >= 15 is 0 Å². The van der Waals surface area contributed by atoms with Crippen LogP contribution in [0.5, 0.6) is 0 Å². The Morgan fingerprint density at radius 2 is 2.06 bits per heavy atom. The third-order valence-electron chi connectivity index (χ3n) is 2.44. The van der Waals surface area contributed by atoms with Crippen molar-refractivity contribution in [1.29, 1.82) is 0 Å². The zero-order chi connectivity index (χ0) is 13.4. The Balaban J connectivity index is 2.18. The minimum atomic E-state index is -0.448. The monoisotopic (exact) mass is 273 g/mol. The molecule has 0 amide bonds. The van der Waals surface area contributed by atoms with Crippen LogP contribution < -0.4 is 0 Å². The molecule has 1 N–H and O–H groups in total. The maximum Gasteiger partial charge on any atom is 0.123 e. The van der Waals surface area contributed by atoms with Crippen molar-refractivity contribution in [3.05, 3.63) is 30.1 Å². The van der Waals surface area contributed by atoms with Gasteiger partial charge in [-0.25, -0.2) is 4.39 Å². The largest absolute Gasteiger partial charge is 0.389 e. The van der Waals surface area contributed by atoms with E-state index in [4.69, 9.17) is 4.74 Å². The minimum Gasteiger partial charge on any atom is -0.389 e. The maximum absolute atomic E-state index is 12.7. The fourth-order valence-electron chi connectivity index (χ4n) is 1.55. The van der Waals surface area contributed by atoms with Gasteiger partial charge >= 0.3 is 0 Å². The molecule has 1 aromatic rings. The lowest BCUT2D eigenvalue weighted by molar-refractivity contribution is 0.0445. The molecule has 1 rings (SSSR count). The molecule has 0 heterocycles. The molecule has 0 aliphatic heterocycles. The Morgan fingerprint density at radius 1 is 1.39 bits per heavy atom. The van der Waals surface area contributed by atoms with Gasteiger partial charge in [0.25, 0.3) is 0 Å². The highest BCUT2D eigenvalue weighted by molar-refractivity contribution is 7.99. The average molecular weight is 273 g/mol. The van der Waals surface area contributed by atoms with Crippen LogP contribution in [0.4, 0.5) is 4.39 Å². The lowest BCUT2D eigenvalue weighted by Gasteiger charge is -2.19. The van der Waals surface area contributed by atoms with Crippen molar-refractivity contribution in [2.24, 2.45) is 0 Å². The first kappa shape index (κ1) is 15.4. The van der Waals surface area contributed by atoms with E-state index < -0.39 is 6.10 Å². The molecule has 18 heavy (non-hydrogen) atoms. The van der Waals surface area contributed by atoms with Gasteiger partial charge in [0, 0.05) is 30.8 Å². The Morgan fingerprint density at radius 3 is 2.67 bits per heavy atom. The van der Waals surface area contributed by atoms with Crippen LogP contribution in [-0.4, -0.2) is 55.7 Å². The molecule has 0 aliphatic rings. The van der Waals surface area contributed by atoms with Crippen LogP contribution in [0, 0.1) is 5.82 Å². The third-order valence-corrected chi connectivity index (χ3v) is 3.43. The zero-order valence-electron chi connectivity index (χ0n) is 10.8. The van der Waals surface area contributed by atoms with Crippen molar-refractivity contribution in [3.8, 4) is 0 Å². The molecular weight excluding hydrogens is 253 g/mol. The number of rotatable bonds is 8. The van der Waals surface area contributed by atoms with Crippen molar-refractivity contribution in [3.63, 3.8) is 0 Å². The van der Waals surface area contributed by atoms with Gasteiger partial charge in [0.2, 0.25) is 0 Å². The van der Waals surface area contributed by atoms with E-state index in [0.29, 0.717) is 13.2 Å². The highest BCUT2D eigenvalue weighted by Gasteiger charge is 2.07. The molecule has 0 radical (unpaired) electrons. The summed E-state index contributed by atoms with van der Waals surface area (Å²) >= 11 is 1.68. The van der Waals surface area contributed by atoms with E-state index in [9.17, 15) is 9.50 Å². The number of hydrogen-bond acceptors (Lipinski definition) is 4. The average Bonchev–Trinajstić information content (AvgIpc) is 2.32. The molecule has 1 aromatic carbocycles. The van der Waals surface area contributed by atoms with Gasteiger partial charge in [0.05, 0.1) is 12.7 Å². The fourth-order valence-corrected chi connectivity index (χ4v) is 2.51. The maximum atomic E-state index is 12.7. The Kier molecular flexibility index (Phi) is 7.27. The molecule has 1 unspecified atom stereocenters. The van der Waals surface area contributed by atoms with Crippen LogP contribution in [0.2, 0.25) is 0 Å². The molecule has 0 saturated heterocycles. The number of aliphatic hydroxyl groups excluding tert-OH is 1. The van der Waals surface area contributed by atoms with Crippen LogP contribution >= 0.6 is 11.8 Å². The SMILES string of the molecule is COCC(O)CN(C)CCSc1ccc(F)cc1. The predicted molar refractivity (Wildman–Crippen MR) is 72.5 cm³/mol. The molecule has 102 valence electrons. The van der Waals surface area contributed by atoms with Crippen molar-refractivity contribution < 1.29 is 14.2 Å². The van der Waals surface area contributed by atoms with Crippen LogP contribution in [0.3, 0.4) is 0 Å². The van der Waals surface area contributed by atoms with E-state index in [1.54, 1.807) is 31.0 Å². The predicted octanol–water partition coefficient (Wildman–Crippen LogP) is 1.86. The Labute approximate surface area is 112 Å². The number of benzene rings is 1. The summed E-state index contributed by atoms with van der Waals surface area (Å²) in [5.41, 5.74) is 0. The van der Waals surface area contributed by atoms with Gasteiger partial charge in [-0.15, -0.1) is 11.8 Å². The fraction of sp³-hybridized carbons (Fsp3) is 0.538. The quantitative estimate of drug-likeness (QED) is 0.733. The first-order valence-corrected chi connectivity index (χ1v) is 6.84. The number of nitrogens with zero attached hydrogens (tertiary/aromatic N) is 1. The van der Waals surface area contributed by atoms with Crippen LogP contribution in [-0.2, 0) is 4.74 Å². The van der Waals surface area contributed by atoms with E-state index in [2.05, 4.69) is 4.90 Å². The van der Waals surface area contributed by atoms with Gasteiger partial charge in [0.15, 0.2) is 0 Å². The summed E-state index contributed by atoms with van der Waals surface area (Å²) in [5.74, 6) is 0.695. The molecule has 1 atom stereocenters. The van der Waals surface area contributed by atoms with Gasteiger partial charge in [-0.3, -0.25) is 0 Å². The topological polar surface area (TPSA) is 32.7 Å². The van der Waals surface area contributed by atoms with Gasteiger partial charge in [-0.2, -0.15) is 0 Å². The smallest absolute Gasteiger partial charge is 0.123 e. The molecule has 5 heteroatoms. The molecule has 0 bridgehead atoms. The van der Waals surface area contributed by atoms with E-state index in [1.807, 2.05) is 7.05 Å². The van der Waals surface area contributed by atoms with E-state index in [1.165, 1.54) is 12.1 Å². The summed E-state index contributed by atoms with van der Waals surface area (Å²) in [5, 5.41) is 9.55. The minimum absolute atomic E-state index is 0.209. The lowest BCUT2D eigenvalue weighted by atomic mass is 10.3. The van der Waals surface area contributed by atoms with Crippen LogP contribution in [0.15, 0.2) is 29.2 Å². The third kappa shape index (κ3) is 6.35. The van der Waals surface area contributed by atoms with E-state index in [0.717, 1.165) is 17.2 Å². The summed E-state index contributed by atoms with van der Waals surface area (Å²) in [6.45, 7) is 1.82. The van der Waals surface area contributed by atoms with Gasteiger partial charge < -0.3 is 14.7 Å². The first-order valence-electron chi connectivity index (χ1n) is 5.85. The summed E-state index contributed by atoms with van der Waals surface area (Å²) in [7, 11) is 3.54. The molecule has 0 spiro atoms.